The number of halogens is 3. The van der Waals surface area contributed by atoms with E-state index in [1.807, 2.05) is 0 Å². The van der Waals surface area contributed by atoms with Crippen molar-refractivity contribution in [2.75, 3.05) is 0 Å². The Labute approximate surface area is 95.1 Å². The molecule has 3 nitrogen and oxygen atoms in total. The Bertz CT molecular complexity index is 445. The van der Waals surface area contributed by atoms with E-state index in [9.17, 15) is 18.0 Å². The number of rotatable bonds is 3. The van der Waals surface area contributed by atoms with Crippen molar-refractivity contribution in [3.05, 3.63) is 35.4 Å². The molecule has 0 amide bonds. The number of alkyl halides is 3. The van der Waals surface area contributed by atoms with Crippen LogP contribution in [0.1, 0.15) is 11.1 Å². The van der Waals surface area contributed by atoms with Crippen LogP contribution in [0.4, 0.5) is 13.2 Å². The van der Waals surface area contributed by atoms with Gasteiger partial charge in [0.2, 0.25) is 0 Å². The standard InChI is InChI=1S/C11H8F3NO2/c12-11(13,14)9-3-1-7(2-4-9)5-8(6-15)10(16)17/h1-4,8H,5H2,(H,16,17)/t8-/m0/s1. The van der Waals surface area contributed by atoms with E-state index < -0.39 is 23.6 Å². The predicted molar refractivity (Wildman–Crippen MR) is 51.9 cm³/mol. The number of nitrogens with zero attached hydrogens (tertiary/aromatic N) is 1. The third-order valence-electron chi connectivity index (χ3n) is 2.18. The maximum atomic E-state index is 12.2. The average Bonchev–Trinajstić information content (AvgIpc) is 2.25. The van der Waals surface area contributed by atoms with Gasteiger partial charge in [0.25, 0.3) is 0 Å². The zero-order chi connectivity index (χ0) is 13.1. The van der Waals surface area contributed by atoms with Crippen molar-refractivity contribution in [2.24, 2.45) is 5.92 Å². The minimum absolute atomic E-state index is 0.107. The number of benzene rings is 1. The van der Waals surface area contributed by atoms with Crippen LogP contribution in [0, 0.1) is 17.2 Å². The number of carboxylic acids is 1. The number of carboxylic acid groups (broad SMARTS) is 1. The number of hydrogen-bond acceptors (Lipinski definition) is 2. The highest BCUT2D eigenvalue weighted by molar-refractivity contribution is 5.73. The molecule has 0 fully saturated rings. The quantitative estimate of drug-likeness (QED) is 0.887. The van der Waals surface area contributed by atoms with E-state index in [4.69, 9.17) is 10.4 Å². The molecular weight excluding hydrogens is 235 g/mol. The van der Waals surface area contributed by atoms with E-state index in [-0.39, 0.29) is 6.42 Å². The second-order valence-corrected chi connectivity index (χ2v) is 3.42. The van der Waals surface area contributed by atoms with Gasteiger partial charge in [-0.3, -0.25) is 4.79 Å². The fraction of sp³-hybridized carbons (Fsp3) is 0.273. The van der Waals surface area contributed by atoms with Gasteiger partial charge in [-0.05, 0) is 24.1 Å². The molecule has 0 spiro atoms. The fourth-order valence-corrected chi connectivity index (χ4v) is 1.25. The van der Waals surface area contributed by atoms with Crippen LogP contribution in [0.3, 0.4) is 0 Å². The lowest BCUT2D eigenvalue weighted by Crippen LogP contribution is -2.14. The van der Waals surface area contributed by atoms with Crippen LogP contribution in [-0.4, -0.2) is 11.1 Å². The average molecular weight is 243 g/mol. The minimum Gasteiger partial charge on any atom is -0.480 e. The zero-order valence-corrected chi connectivity index (χ0v) is 8.53. The van der Waals surface area contributed by atoms with Gasteiger partial charge in [0.1, 0.15) is 5.92 Å². The summed E-state index contributed by atoms with van der Waals surface area (Å²) in [5.41, 5.74) is -0.419. The summed E-state index contributed by atoms with van der Waals surface area (Å²) in [5, 5.41) is 17.1. The molecule has 1 N–H and O–H groups in total. The summed E-state index contributed by atoms with van der Waals surface area (Å²) < 4.78 is 36.7. The third-order valence-corrected chi connectivity index (χ3v) is 2.18. The van der Waals surface area contributed by atoms with Crippen LogP contribution >= 0.6 is 0 Å². The first-order valence-corrected chi connectivity index (χ1v) is 4.63. The number of aliphatic carboxylic acids is 1. The highest BCUT2D eigenvalue weighted by Crippen LogP contribution is 2.29. The van der Waals surface area contributed by atoms with Gasteiger partial charge in [0, 0.05) is 0 Å². The highest BCUT2D eigenvalue weighted by atomic mass is 19.4. The lowest BCUT2D eigenvalue weighted by Gasteiger charge is -2.08. The van der Waals surface area contributed by atoms with Gasteiger partial charge in [-0.2, -0.15) is 18.4 Å². The molecule has 0 aliphatic heterocycles. The number of carbonyl (C=O) groups is 1. The Hall–Kier alpha value is -2.03. The second kappa shape index (κ2) is 4.87. The molecule has 1 aromatic rings. The Balaban J connectivity index is 2.83. The Morgan fingerprint density at radius 1 is 1.35 bits per heavy atom. The molecule has 90 valence electrons. The maximum absolute atomic E-state index is 12.2. The van der Waals surface area contributed by atoms with Crippen molar-refractivity contribution in [2.45, 2.75) is 12.6 Å². The van der Waals surface area contributed by atoms with Gasteiger partial charge in [0.15, 0.2) is 0 Å². The molecule has 0 bridgehead atoms. The first-order chi connectivity index (χ1) is 7.84. The van der Waals surface area contributed by atoms with E-state index in [2.05, 4.69) is 0 Å². The minimum atomic E-state index is -4.42. The summed E-state index contributed by atoms with van der Waals surface area (Å²) in [4.78, 5) is 10.6. The molecule has 17 heavy (non-hydrogen) atoms. The predicted octanol–water partition coefficient (Wildman–Crippen LogP) is 2.47. The third kappa shape index (κ3) is 3.48. The summed E-state index contributed by atoms with van der Waals surface area (Å²) >= 11 is 0. The topological polar surface area (TPSA) is 61.1 Å². The van der Waals surface area contributed by atoms with Crippen molar-refractivity contribution in [3.8, 4) is 6.07 Å². The van der Waals surface area contributed by atoms with E-state index in [0.717, 1.165) is 12.1 Å². The fourth-order valence-electron chi connectivity index (χ4n) is 1.25. The van der Waals surface area contributed by atoms with Gasteiger partial charge in [-0.1, -0.05) is 12.1 Å². The normalized spacial score (nSPS) is 12.8. The molecule has 0 radical (unpaired) electrons. The van der Waals surface area contributed by atoms with Gasteiger partial charge in [-0.25, -0.2) is 0 Å². The lowest BCUT2D eigenvalue weighted by molar-refractivity contribution is -0.140. The van der Waals surface area contributed by atoms with Crippen molar-refractivity contribution in [1.29, 1.82) is 5.26 Å². The molecule has 0 aromatic heterocycles. The van der Waals surface area contributed by atoms with Crippen LogP contribution in [0.15, 0.2) is 24.3 Å². The maximum Gasteiger partial charge on any atom is 0.416 e. The molecule has 1 atom stereocenters. The summed E-state index contributed by atoms with van der Waals surface area (Å²) in [7, 11) is 0. The van der Waals surface area contributed by atoms with Gasteiger partial charge in [0.05, 0.1) is 11.6 Å². The highest BCUT2D eigenvalue weighted by Gasteiger charge is 2.30. The molecule has 1 rings (SSSR count). The molecule has 1 aromatic carbocycles. The summed E-state index contributed by atoms with van der Waals surface area (Å²) in [6.45, 7) is 0. The van der Waals surface area contributed by atoms with E-state index in [1.54, 1.807) is 6.07 Å². The van der Waals surface area contributed by atoms with Crippen LogP contribution in [0.5, 0.6) is 0 Å². The Kier molecular flexibility index (Phi) is 3.73. The van der Waals surface area contributed by atoms with Crippen LogP contribution in [-0.2, 0) is 17.4 Å². The Morgan fingerprint density at radius 2 is 1.88 bits per heavy atom. The first kappa shape index (κ1) is 13.0. The molecule has 0 unspecified atom stereocenters. The first-order valence-electron chi connectivity index (χ1n) is 4.63. The van der Waals surface area contributed by atoms with Crippen molar-refractivity contribution in [3.63, 3.8) is 0 Å². The SMILES string of the molecule is N#C[C@H](Cc1ccc(C(F)(F)F)cc1)C(=O)O. The second-order valence-electron chi connectivity index (χ2n) is 3.42. The number of hydrogen-bond donors (Lipinski definition) is 1. The Morgan fingerprint density at radius 3 is 2.24 bits per heavy atom. The monoisotopic (exact) mass is 243 g/mol. The number of nitriles is 1. The molecule has 0 aliphatic carbocycles. The summed E-state index contributed by atoms with van der Waals surface area (Å²) in [5.74, 6) is -2.53. The molecule has 6 heteroatoms. The van der Waals surface area contributed by atoms with Gasteiger partial charge >= 0.3 is 12.1 Å². The largest absolute Gasteiger partial charge is 0.480 e. The molecule has 0 saturated heterocycles. The van der Waals surface area contributed by atoms with Gasteiger partial charge in [-0.15, -0.1) is 0 Å². The zero-order valence-electron chi connectivity index (χ0n) is 8.53. The van der Waals surface area contributed by atoms with Crippen LogP contribution in [0.25, 0.3) is 0 Å². The molecule has 0 heterocycles. The van der Waals surface area contributed by atoms with Crippen LogP contribution < -0.4 is 0 Å². The molecule has 0 aliphatic rings. The smallest absolute Gasteiger partial charge is 0.416 e. The van der Waals surface area contributed by atoms with E-state index in [0.29, 0.717) is 5.56 Å². The lowest BCUT2D eigenvalue weighted by atomic mass is 10.00. The van der Waals surface area contributed by atoms with E-state index in [1.165, 1.54) is 12.1 Å². The summed E-state index contributed by atoms with van der Waals surface area (Å²) in [6, 6.07) is 5.66. The van der Waals surface area contributed by atoms with Crippen molar-refractivity contribution < 1.29 is 23.1 Å². The van der Waals surface area contributed by atoms with E-state index >= 15 is 0 Å². The van der Waals surface area contributed by atoms with Crippen LogP contribution in [0.2, 0.25) is 0 Å². The van der Waals surface area contributed by atoms with Gasteiger partial charge < -0.3 is 5.11 Å². The molecule has 0 saturated carbocycles. The summed E-state index contributed by atoms with van der Waals surface area (Å²) in [6.07, 6.45) is -4.52. The molecular formula is C11H8F3NO2. The van der Waals surface area contributed by atoms with Crippen molar-refractivity contribution in [1.82, 2.24) is 0 Å². The van der Waals surface area contributed by atoms with Crippen molar-refractivity contribution >= 4 is 5.97 Å².